The summed E-state index contributed by atoms with van der Waals surface area (Å²) in [5.74, 6) is -3.88. The zero-order valence-electron chi connectivity index (χ0n) is 30.5. The van der Waals surface area contributed by atoms with Gasteiger partial charge in [0.15, 0.2) is 6.61 Å². The van der Waals surface area contributed by atoms with E-state index in [1.165, 1.54) is 24.3 Å². The number of halogens is 4. The van der Waals surface area contributed by atoms with Crippen molar-refractivity contribution in [2.45, 2.75) is 31.0 Å². The Morgan fingerprint density at radius 1 is 0.845 bits per heavy atom. The third-order valence-electron chi connectivity index (χ3n) is 8.51. The van der Waals surface area contributed by atoms with E-state index in [0.29, 0.717) is 29.2 Å². The molecule has 298 valence electrons. The Labute approximate surface area is 333 Å². The van der Waals surface area contributed by atoms with Gasteiger partial charge in [-0.25, -0.2) is 9.79 Å². The number of ether oxygens (including phenoxy) is 2. The minimum Gasteiger partial charge on any atom is -0.465 e. The maximum absolute atomic E-state index is 13.1. The standard InChI is InChI=1S/C39H33ClF3N9O6/c1-57-34(56)30(15-20-45-32(54)33(55)46-29-4-2-3-25(21-29)23-13-18-44-19-14-23)48-31(53)24-5-11-28(12-6-24)47-35-49-36(51-37(50-35)58-22-39(41,42)43)52-38(16-17-38)26-7-9-27(40)10-8-26/h2-14,18-19,21H,15-17,20,22H2,1H3,(H,45,54)(H,46,55)(H2,47,49,50,51,52)/b48-30-. The molecule has 1 saturated carbocycles. The maximum atomic E-state index is 13.1. The number of methoxy groups -OCH3 is 1. The lowest BCUT2D eigenvalue weighted by molar-refractivity contribution is -0.154. The number of aliphatic imine (C=N–C) groups is 1. The molecule has 15 nitrogen and oxygen atoms in total. The molecule has 0 atom stereocenters. The van der Waals surface area contributed by atoms with Crippen LogP contribution in [0.3, 0.4) is 0 Å². The number of carbonyl (C=O) groups is 4. The van der Waals surface area contributed by atoms with E-state index in [4.69, 9.17) is 21.1 Å². The van der Waals surface area contributed by atoms with Crippen LogP contribution in [0.1, 0.15) is 35.2 Å². The lowest BCUT2D eigenvalue weighted by Crippen LogP contribution is -2.37. The molecule has 0 aliphatic heterocycles. The first-order valence-corrected chi connectivity index (χ1v) is 17.8. The number of esters is 1. The van der Waals surface area contributed by atoms with Crippen molar-refractivity contribution >= 4 is 64.3 Å². The molecule has 0 unspecified atom stereocenters. The van der Waals surface area contributed by atoms with Crippen molar-refractivity contribution in [1.82, 2.24) is 25.3 Å². The van der Waals surface area contributed by atoms with E-state index < -0.39 is 48.0 Å². The van der Waals surface area contributed by atoms with Crippen LogP contribution in [0.4, 0.5) is 36.4 Å². The number of amides is 3. The summed E-state index contributed by atoms with van der Waals surface area (Å²) >= 11 is 6.03. The van der Waals surface area contributed by atoms with Crippen LogP contribution in [0.5, 0.6) is 6.01 Å². The lowest BCUT2D eigenvalue weighted by Gasteiger charge is -2.19. The quantitative estimate of drug-likeness (QED) is 0.0558. The van der Waals surface area contributed by atoms with Gasteiger partial charge in [-0.15, -0.1) is 0 Å². The monoisotopic (exact) mass is 815 g/mol. The number of hydrogen-bond acceptors (Lipinski definition) is 12. The van der Waals surface area contributed by atoms with Gasteiger partial charge in [0.1, 0.15) is 5.71 Å². The van der Waals surface area contributed by atoms with E-state index in [2.05, 4.69) is 46.2 Å². The highest BCUT2D eigenvalue weighted by molar-refractivity contribution is 6.40. The third kappa shape index (κ3) is 11.1. The largest absolute Gasteiger partial charge is 0.465 e. The molecule has 1 aliphatic rings. The molecule has 0 spiro atoms. The number of benzene rings is 3. The summed E-state index contributed by atoms with van der Waals surface area (Å²) in [4.78, 5) is 70.8. The molecule has 6 rings (SSSR count). The molecule has 1 aliphatic carbocycles. The number of aromatic nitrogens is 4. The van der Waals surface area contributed by atoms with Crippen LogP contribution in [0.2, 0.25) is 5.02 Å². The molecule has 5 aromatic rings. The van der Waals surface area contributed by atoms with Crippen LogP contribution < -0.4 is 26.0 Å². The fourth-order valence-corrected chi connectivity index (χ4v) is 5.62. The number of nitrogens with zero attached hydrogens (tertiary/aromatic N) is 5. The number of pyridine rings is 1. The van der Waals surface area contributed by atoms with Gasteiger partial charge in [0.05, 0.1) is 12.6 Å². The highest BCUT2D eigenvalue weighted by Gasteiger charge is 2.45. The summed E-state index contributed by atoms with van der Waals surface area (Å²) in [5, 5.41) is 11.5. The second-order valence-corrected chi connectivity index (χ2v) is 13.2. The second-order valence-electron chi connectivity index (χ2n) is 12.7. The molecular formula is C39H33ClF3N9O6. The highest BCUT2D eigenvalue weighted by atomic mass is 35.5. The van der Waals surface area contributed by atoms with Crippen molar-refractivity contribution in [1.29, 1.82) is 0 Å². The number of nitrogens with one attached hydrogen (secondary N) is 4. The molecule has 4 N–H and O–H groups in total. The summed E-state index contributed by atoms with van der Waals surface area (Å²) in [5.41, 5.74) is 2.42. The van der Waals surface area contributed by atoms with Crippen molar-refractivity contribution in [3.05, 3.63) is 113 Å². The Bertz CT molecular complexity index is 2330. The molecule has 19 heteroatoms. The number of hydrogen-bond donors (Lipinski definition) is 4. The Balaban J connectivity index is 1.08. The summed E-state index contributed by atoms with van der Waals surface area (Å²) < 4.78 is 48.5. The van der Waals surface area contributed by atoms with E-state index in [-0.39, 0.29) is 36.1 Å². The molecule has 2 aromatic heterocycles. The predicted octanol–water partition coefficient (Wildman–Crippen LogP) is 6.27. The average Bonchev–Trinajstić information content (AvgIpc) is 4.00. The van der Waals surface area contributed by atoms with Gasteiger partial charge in [-0.1, -0.05) is 35.9 Å². The number of alkyl halides is 3. The van der Waals surface area contributed by atoms with E-state index >= 15 is 0 Å². The van der Waals surface area contributed by atoms with E-state index in [0.717, 1.165) is 23.8 Å². The van der Waals surface area contributed by atoms with Crippen molar-refractivity contribution in [3.8, 4) is 17.1 Å². The zero-order chi connectivity index (χ0) is 41.3. The summed E-state index contributed by atoms with van der Waals surface area (Å²) in [6.07, 6.45) is -0.228. The fourth-order valence-electron chi connectivity index (χ4n) is 5.49. The minimum atomic E-state index is -4.65. The molecule has 3 amide bonds. The smallest absolute Gasteiger partial charge is 0.422 e. The Kier molecular flexibility index (Phi) is 12.6. The van der Waals surface area contributed by atoms with Crippen LogP contribution in [0.25, 0.3) is 11.1 Å². The average molecular weight is 816 g/mol. The lowest BCUT2D eigenvalue weighted by atomic mass is 10.1. The molecule has 0 bridgehead atoms. The van der Waals surface area contributed by atoms with Crippen LogP contribution in [0, 0.1) is 0 Å². The summed E-state index contributed by atoms with van der Waals surface area (Å²) in [7, 11) is 1.10. The molecule has 3 aromatic carbocycles. The van der Waals surface area contributed by atoms with Gasteiger partial charge in [0, 0.05) is 47.3 Å². The molecule has 58 heavy (non-hydrogen) atoms. The number of carbonyl (C=O) groups excluding carboxylic acids is 4. The van der Waals surface area contributed by atoms with Gasteiger partial charge < -0.3 is 30.7 Å². The SMILES string of the molecule is COC(=O)/C(CCNC(=O)C(=O)Nc1cccc(-c2ccncc2)c1)=N\C(=O)c1ccc(Nc2nc(NC3(c4ccc(Cl)cc4)CC3)nc(OCC(F)(F)F)n2)cc1. The Morgan fingerprint density at radius 2 is 1.55 bits per heavy atom. The molecular weight excluding hydrogens is 783 g/mol. The van der Waals surface area contributed by atoms with E-state index in [1.54, 1.807) is 54.9 Å². The molecule has 2 heterocycles. The van der Waals surface area contributed by atoms with Gasteiger partial charge in [-0.3, -0.25) is 19.4 Å². The summed E-state index contributed by atoms with van der Waals surface area (Å²) in [6, 6.07) is 22.7. The highest BCUT2D eigenvalue weighted by Crippen LogP contribution is 2.48. The van der Waals surface area contributed by atoms with Crippen molar-refractivity contribution in [2.75, 3.05) is 36.2 Å². The van der Waals surface area contributed by atoms with Gasteiger partial charge in [0.2, 0.25) is 11.9 Å². The van der Waals surface area contributed by atoms with E-state index in [1.807, 2.05) is 18.2 Å². The van der Waals surface area contributed by atoms with Crippen LogP contribution in [-0.2, 0) is 24.7 Å². The topological polar surface area (TPSA) is 199 Å². The van der Waals surface area contributed by atoms with Crippen molar-refractivity contribution in [3.63, 3.8) is 0 Å². The van der Waals surface area contributed by atoms with Gasteiger partial charge in [-0.05, 0) is 90.2 Å². The van der Waals surface area contributed by atoms with E-state index in [9.17, 15) is 32.3 Å². The molecule has 1 fully saturated rings. The normalized spacial score (nSPS) is 13.2. The first kappa shape index (κ1) is 40.7. The van der Waals surface area contributed by atoms with Crippen LogP contribution in [0.15, 0.2) is 102 Å². The first-order chi connectivity index (χ1) is 27.8. The second kappa shape index (κ2) is 17.9. The Morgan fingerprint density at radius 3 is 2.22 bits per heavy atom. The zero-order valence-corrected chi connectivity index (χ0v) is 31.2. The first-order valence-electron chi connectivity index (χ1n) is 17.5. The Hall–Kier alpha value is -6.95. The van der Waals surface area contributed by atoms with Gasteiger partial charge >= 0.3 is 30.0 Å². The van der Waals surface area contributed by atoms with Crippen LogP contribution >= 0.6 is 11.6 Å². The van der Waals surface area contributed by atoms with Crippen molar-refractivity contribution in [2.24, 2.45) is 4.99 Å². The predicted molar refractivity (Wildman–Crippen MR) is 207 cm³/mol. The van der Waals surface area contributed by atoms with Gasteiger partial charge in [0.25, 0.3) is 5.91 Å². The van der Waals surface area contributed by atoms with Gasteiger partial charge in [-0.2, -0.15) is 28.1 Å². The van der Waals surface area contributed by atoms with Crippen LogP contribution in [-0.4, -0.2) is 75.8 Å². The number of rotatable bonds is 14. The minimum absolute atomic E-state index is 0.0397. The number of anilines is 4. The summed E-state index contributed by atoms with van der Waals surface area (Å²) in [6.45, 7) is -1.86. The van der Waals surface area contributed by atoms with Crippen molar-refractivity contribution < 1.29 is 41.8 Å². The molecule has 0 saturated heterocycles. The maximum Gasteiger partial charge on any atom is 0.422 e. The third-order valence-corrected chi connectivity index (χ3v) is 8.76. The fraction of sp³-hybridized carbons (Fsp3) is 0.205. The molecule has 0 radical (unpaired) electrons.